The summed E-state index contributed by atoms with van der Waals surface area (Å²) in [6, 6.07) is 4.19. The van der Waals surface area contributed by atoms with Crippen LogP contribution in [0, 0.1) is 5.92 Å². The number of hydrogen-bond donors (Lipinski definition) is 3. The minimum absolute atomic E-state index is 0.0317. The molecule has 0 aromatic heterocycles. The van der Waals surface area contributed by atoms with Crippen LogP contribution in [0.15, 0.2) is 18.2 Å². The number of anilines is 1. The Kier molecular flexibility index (Phi) is 5.12. The lowest BCUT2D eigenvalue weighted by Crippen LogP contribution is -2.22. The molecule has 0 heterocycles. The average molecular weight is 271 g/mol. The summed E-state index contributed by atoms with van der Waals surface area (Å²) >= 11 is 5.78. The molecule has 0 aliphatic heterocycles. The number of nitrogens with one attached hydrogen (secondary N) is 1. The van der Waals surface area contributed by atoms with Crippen LogP contribution in [0.2, 0.25) is 5.02 Å². The summed E-state index contributed by atoms with van der Waals surface area (Å²) in [5, 5.41) is 11.8. The molecule has 0 aliphatic carbocycles. The van der Waals surface area contributed by atoms with Gasteiger partial charge in [-0.05, 0) is 31.2 Å². The Hall–Kier alpha value is -1.59. The molecule has 1 atom stereocenters. The molecule has 0 aliphatic rings. The first-order chi connectivity index (χ1) is 8.43. The van der Waals surface area contributed by atoms with Gasteiger partial charge in [-0.25, -0.2) is 4.79 Å². The number of carbonyl (C=O) groups excluding carboxylic acids is 1. The van der Waals surface area contributed by atoms with Crippen LogP contribution in [-0.2, 0) is 4.79 Å². The number of hydrogen-bond acceptors (Lipinski definition) is 3. The van der Waals surface area contributed by atoms with E-state index in [4.69, 9.17) is 22.4 Å². The van der Waals surface area contributed by atoms with Crippen LogP contribution >= 0.6 is 11.6 Å². The summed E-state index contributed by atoms with van der Waals surface area (Å²) in [6.07, 6.45) is 0.568. The van der Waals surface area contributed by atoms with Crippen LogP contribution < -0.4 is 11.1 Å². The maximum Gasteiger partial charge on any atom is 0.335 e. The van der Waals surface area contributed by atoms with E-state index in [-0.39, 0.29) is 22.4 Å². The van der Waals surface area contributed by atoms with E-state index >= 15 is 0 Å². The second-order valence-corrected chi connectivity index (χ2v) is 4.44. The van der Waals surface area contributed by atoms with Gasteiger partial charge in [-0.2, -0.15) is 0 Å². The predicted molar refractivity (Wildman–Crippen MR) is 69.9 cm³/mol. The first-order valence-electron chi connectivity index (χ1n) is 5.49. The normalized spacial score (nSPS) is 11.9. The fourth-order valence-corrected chi connectivity index (χ4v) is 1.67. The Labute approximate surface area is 110 Å². The molecule has 1 aromatic rings. The number of carboxylic acids is 1. The van der Waals surface area contributed by atoms with Crippen LogP contribution in [0.5, 0.6) is 0 Å². The van der Waals surface area contributed by atoms with Gasteiger partial charge in [0.15, 0.2) is 0 Å². The highest BCUT2D eigenvalue weighted by Crippen LogP contribution is 2.20. The van der Waals surface area contributed by atoms with Crippen LogP contribution in [0.3, 0.4) is 0 Å². The zero-order chi connectivity index (χ0) is 13.7. The monoisotopic (exact) mass is 270 g/mol. The molecule has 0 fully saturated rings. The molecule has 4 N–H and O–H groups in total. The van der Waals surface area contributed by atoms with Crippen molar-refractivity contribution < 1.29 is 14.7 Å². The summed E-state index contributed by atoms with van der Waals surface area (Å²) in [5.41, 5.74) is 5.77. The maximum absolute atomic E-state index is 11.7. The topological polar surface area (TPSA) is 92.4 Å². The maximum atomic E-state index is 11.7. The van der Waals surface area contributed by atoms with Gasteiger partial charge in [-0.15, -0.1) is 0 Å². The number of rotatable bonds is 5. The Bertz CT molecular complexity index is 463. The van der Waals surface area contributed by atoms with E-state index in [9.17, 15) is 9.59 Å². The number of aromatic carboxylic acids is 1. The van der Waals surface area contributed by atoms with Crippen molar-refractivity contribution in [2.75, 3.05) is 11.9 Å². The van der Waals surface area contributed by atoms with E-state index in [1.165, 1.54) is 18.2 Å². The molecule has 0 bridgehead atoms. The van der Waals surface area contributed by atoms with E-state index in [0.29, 0.717) is 18.7 Å². The van der Waals surface area contributed by atoms with E-state index in [2.05, 4.69) is 5.32 Å². The molecular weight excluding hydrogens is 256 g/mol. The zero-order valence-corrected chi connectivity index (χ0v) is 10.7. The molecule has 1 unspecified atom stereocenters. The van der Waals surface area contributed by atoms with E-state index in [0.717, 1.165) is 0 Å². The Morgan fingerprint density at radius 2 is 2.11 bits per heavy atom. The van der Waals surface area contributed by atoms with Gasteiger partial charge in [-0.3, -0.25) is 4.79 Å². The van der Waals surface area contributed by atoms with Gasteiger partial charge in [0.2, 0.25) is 5.91 Å². The van der Waals surface area contributed by atoms with Crippen molar-refractivity contribution >= 4 is 29.2 Å². The number of carbonyl (C=O) groups is 2. The number of halogens is 1. The quantitative estimate of drug-likeness (QED) is 0.762. The number of benzene rings is 1. The molecule has 1 rings (SSSR count). The number of nitrogens with two attached hydrogens (primary N) is 1. The highest BCUT2D eigenvalue weighted by molar-refractivity contribution is 6.31. The molecule has 1 amide bonds. The summed E-state index contributed by atoms with van der Waals surface area (Å²) < 4.78 is 0. The number of carboxylic acid groups (broad SMARTS) is 1. The third-order valence-corrected chi connectivity index (χ3v) is 2.68. The van der Waals surface area contributed by atoms with Gasteiger partial charge in [0, 0.05) is 16.6 Å². The van der Waals surface area contributed by atoms with Gasteiger partial charge in [-0.1, -0.05) is 18.5 Å². The van der Waals surface area contributed by atoms with Crippen molar-refractivity contribution in [1.29, 1.82) is 0 Å². The van der Waals surface area contributed by atoms with Crippen LogP contribution in [0.25, 0.3) is 0 Å². The van der Waals surface area contributed by atoms with Crippen molar-refractivity contribution in [2.24, 2.45) is 11.7 Å². The highest BCUT2D eigenvalue weighted by Gasteiger charge is 2.13. The van der Waals surface area contributed by atoms with Crippen LogP contribution in [-0.4, -0.2) is 23.5 Å². The zero-order valence-electron chi connectivity index (χ0n) is 9.94. The summed E-state index contributed by atoms with van der Waals surface area (Å²) in [5.74, 6) is -1.54. The van der Waals surface area contributed by atoms with E-state index < -0.39 is 5.97 Å². The minimum atomic E-state index is -1.09. The predicted octanol–water partition coefficient (Wildman–Crippen LogP) is 1.96. The second-order valence-electron chi connectivity index (χ2n) is 4.00. The van der Waals surface area contributed by atoms with Crippen molar-refractivity contribution in [1.82, 2.24) is 0 Å². The smallest absolute Gasteiger partial charge is 0.335 e. The molecule has 1 aromatic carbocycles. The van der Waals surface area contributed by atoms with Gasteiger partial charge in [0.25, 0.3) is 0 Å². The third kappa shape index (κ3) is 4.01. The standard InChI is InChI=1S/C12H15ClN2O3/c1-7(2-3-14)11(16)15-10-5-8(12(17)18)4-9(13)6-10/h4-7H,2-3,14H2,1H3,(H,15,16)(H,17,18). The lowest BCUT2D eigenvalue weighted by atomic mass is 10.1. The number of amides is 1. The SMILES string of the molecule is CC(CCN)C(=O)Nc1cc(Cl)cc(C(=O)O)c1. The van der Waals surface area contributed by atoms with Crippen molar-refractivity contribution in [3.8, 4) is 0 Å². The molecule has 5 nitrogen and oxygen atoms in total. The Morgan fingerprint density at radius 1 is 1.44 bits per heavy atom. The molecular formula is C12H15ClN2O3. The van der Waals surface area contributed by atoms with E-state index in [1.807, 2.05) is 0 Å². The first kappa shape index (κ1) is 14.5. The lowest BCUT2D eigenvalue weighted by Gasteiger charge is -2.11. The minimum Gasteiger partial charge on any atom is -0.478 e. The van der Waals surface area contributed by atoms with Crippen LogP contribution in [0.4, 0.5) is 5.69 Å². The van der Waals surface area contributed by atoms with Crippen molar-refractivity contribution in [2.45, 2.75) is 13.3 Å². The molecule has 0 spiro atoms. The van der Waals surface area contributed by atoms with Gasteiger partial charge in [0.05, 0.1) is 5.56 Å². The molecule has 0 saturated carbocycles. The Balaban J connectivity index is 2.84. The molecule has 6 heteroatoms. The van der Waals surface area contributed by atoms with Crippen molar-refractivity contribution in [3.63, 3.8) is 0 Å². The fraction of sp³-hybridized carbons (Fsp3) is 0.333. The largest absolute Gasteiger partial charge is 0.478 e. The lowest BCUT2D eigenvalue weighted by molar-refractivity contribution is -0.119. The van der Waals surface area contributed by atoms with Gasteiger partial charge >= 0.3 is 5.97 Å². The molecule has 18 heavy (non-hydrogen) atoms. The molecule has 0 saturated heterocycles. The fourth-order valence-electron chi connectivity index (χ4n) is 1.43. The van der Waals surface area contributed by atoms with E-state index in [1.54, 1.807) is 6.92 Å². The van der Waals surface area contributed by atoms with Crippen molar-refractivity contribution in [3.05, 3.63) is 28.8 Å². The van der Waals surface area contributed by atoms with Crippen LogP contribution in [0.1, 0.15) is 23.7 Å². The highest BCUT2D eigenvalue weighted by atomic mass is 35.5. The summed E-state index contributed by atoms with van der Waals surface area (Å²) in [6.45, 7) is 2.18. The first-order valence-corrected chi connectivity index (χ1v) is 5.86. The molecule has 98 valence electrons. The third-order valence-electron chi connectivity index (χ3n) is 2.46. The van der Waals surface area contributed by atoms with Gasteiger partial charge in [0.1, 0.15) is 0 Å². The Morgan fingerprint density at radius 3 is 2.67 bits per heavy atom. The second kappa shape index (κ2) is 6.37. The molecule has 0 radical (unpaired) electrons. The van der Waals surface area contributed by atoms with Gasteiger partial charge < -0.3 is 16.2 Å². The summed E-state index contributed by atoms with van der Waals surface area (Å²) in [7, 11) is 0. The average Bonchev–Trinajstić information content (AvgIpc) is 2.28. The summed E-state index contributed by atoms with van der Waals surface area (Å²) in [4.78, 5) is 22.6.